The number of hydrogen-bond donors (Lipinski definition) is 3. The van der Waals surface area contributed by atoms with E-state index >= 15 is 0 Å². The highest BCUT2D eigenvalue weighted by molar-refractivity contribution is 6.31. The second kappa shape index (κ2) is 6.04. The summed E-state index contributed by atoms with van der Waals surface area (Å²) in [5, 5.41) is 15.3. The Morgan fingerprint density at radius 3 is 2.84 bits per heavy atom. The topological polar surface area (TPSA) is 78.4 Å². The van der Waals surface area contributed by atoms with E-state index in [0.717, 1.165) is 19.4 Å². The van der Waals surface area contributed by atoms with Crippen LogP contribution in [0.25, 0.3) is 0 Å². The van der Waals surface area contributed by atoms with Gasteiger partial charge in [0.1, 0.15) is 0 Å². The fourth-order valence-electron chi connectivity index (χ4n) is 2.12. The van der Waals surface area contributed by atoms with E-state index in [1.165, 1.54) is 18.2 Å². The van der Waals surface area contributed by atoms with Gasteiger partial charge in [0.05, 0.1) is 17.2 Å². The second-order valence-corrected chi connectivity index (χ2v) is 4.96. The zero-order valence-electron chi connectivity index (χ0n) is 10.3. The maximum atomic E-state index is 12.1. The van der Waals surface area contributed by atoms with Gasteiger partial charge in [-0.15, -0.1) is 0 Å². The van der Waals surface area contributed by atoms with Crippen LogP contribution < -0.4 is 10.6 Å². The highest BCUT2D eigenvalue weighted by Crippen LogP contribution is 2.22. The molecule has 0 radical (unpaired) electrons. The predicted octanol–water partition coefficient (Wildman–Crippen LogP) is 1.98. The summed E-state index contributed by atoms with van der Waals surface area (Å²) in [6.07, 6.45) is 1.75. The molecular formula is C13H15ClN2O3. The Labute approximate surface area is 116 Å². The number of carboxylic acid groups (broad SMARTS) is 1. The lowest BCUT2D eigenvalue weighted by molar-refractivity contribution is -0.120. The van der Waals surface area contributed by atoms with Crippen molar-refractivity contribution in [2.75, 3.05) is 18.4 Å². The molecule has 102 valence electrons. The SMILES string of the molecule is O=C(O)c1ccc(Cl)cc1NC(=O)C1CCCNC1. The maximum Gasteiger partial charge on any atom is 0.337 e. The van der Waals surface area contributed by atoms with Crippen molar-refractivity contribution in [1.29, 1.82) is 0 Å². The number of aromatic carboxylic acids is 1. The summed E-state index contributed by atoms with van der Waals surface area (Å²) in [6, 6.07) is 4.33. The lowest BCUT2D eigenvalue weighted by atomic mass is 9.98. The van der Waals surface area contributed by atoms with Crippen molar-refractivity contribution in [1.82, 2.24) is 5.32 Å². The quantitative estimate of drug-likeness (QED) is 0.792. The Kier molecular flexibility index (Phi) is 4.39. The number of nitrogens with one attached hydrogen (secondary N) is 2. The van der Waals surface area contributed by atoms with Gasteiger partial charge in [-0.3, -0.25) is 4.79 Å². The highest BCUT2D eigenvalue weighted by Gasteiger charge is 2.22. The normalized spacial score (nSPS) is 18.9. The largest absolute Gasteiger partial charge is 0.478 e. The minimum Gasteiger partial charge on any atom is -0.478 e. The molecule has 1 fully saturated rings. The summed E-state index contributed by atoms with van der Waals surface area (Å²) in [5.41, 5.74) is 0.289. The molecule has 1 aliphatic rings. The first-order valence-electron chi connectivity index (χ1n) is 6.12. The third-order valence-electron chi connectivity index (χ3n) is 3.14. The maximum absolute atomic E-state index is 12.1. The van der Waals surface area contributed by atoms with Gasteiger partial charge in [-0.25, -0.2) is 4.79 Å². The molecular weight excluding hydrogens is 268 g/mol. The van der Waals surface area contributed by atoms with Crippen LogP contribution in [0.5, 0.6) is 0 Å². The highest BCUT2D eigenvalue weighted by atomic mass is 35.5. The number of rotatable bonds is 3. The molecule has 2 rings (SSSR count). The fraction of sp³-hybridized carbons (Fsp3) is 0.385. The molecule has 0 aliphatic carbocycles. The van der Waals surface area contributed by atoms with Crippen LogP contribution in [0.3, 0.4) is 0 Å². The average Bonchev–Trinajstić information content (AvgIpc) is 2.39. The minimum absolute atomic E-state index is 0.0431. The predicted molar refractivity (Wildman–Crippen MR) is 72.6 cm³/mol. The fourth-order valence-corrected chi connectivity index (χ4v) is 2.29. The van der Waals surface area contributed by atoms with Crippen LogP contribution >= 0.6 is 11.6 Å². The first-order valence-corrected chi connectivity index (χ1v) is 6.50. The molecule has 1 aromatic rings. The number of amides is 1. The molecule has 0 bridgehead atoms. The van der Waals surface area contributed by atoms with Crippen LogP contribution in [-0.4, -0.2) is 30.1 Å². The molecule has 1 amide bonds. The third kappa shape index (κ3) is 3.45. The van der Waals surface area contributed by atoms with E-state index in [1.807, 2.05) is 0 Å². The van der Waals surface area contributed by atoms with Gasteiger partial charge in [-0.1, -0.05) is 11.6 Å². The zero-order valence-corrected chi connectivity index (χ0v) is 11.0. The number of benzene rings is 1. The van der Waals surface area contributed by atoms with Crippen LogP contribution in [0.2, 0.25) is 5.02 Å². The molecule has 1 aliphatic heterocycles. The molecule has 0 aromatic heterocycles. The van der Waals surface area contributed by atoms with Gasteiger partial charge in [-0.2, -0.15) is 0 Å². The van der Waals surface area contributed by atoms with E-state index < -0.39 is 5.97 Å². The first-order chi connectivity index (χ1) is 9.08. The van der Waals surface area contributed by atoms with E-state index in [4.69, 9.17) is 16.7 Å². The van der Waals surface area contributed by atoms with Gasteiger partial charge in [0.15, 0.2) is 0 Å². The van der Waals surface area contributed by atoms with Crippen LogP contribution in [-0.2, 0) is 4.79 Å². The van der Waals surface area contributed by atoms with Crippen molar-refractivity contribution in [3.05, 3.63) is 28.8 Å². The number of carbonyl (C=O) groups excluding carboxylic acids is 1. The van der Waals surface area contributed by atoms with Crippen molar-refractivity contribution < 1.29 is 14.7 Å². The molecule has 1 unspecified atom stereocenters. The summed E-state index contributed by atoms with van der Waals surface area (Å²) in [4.78, 5) is 23.2. The number of anilines is 1. The van der Waals surface area contributed by atoms with Gasteiger partial charge >= 0.3 is 5.97 Å². The molecule has 19 heavy (non-hydrogen) atoms. The molecule has 1 saturated heterocycles. The number of carbonyl (C=O) groups is 2. The zero-order chi connectivity index (χ0) is 13.8. The molecule has 3 N–H and O–H groups in total. The summed E-state index contributed by atoms with van der Waals surface area (Å²) in [7, 11) is 0. The molecule has 1 atom stereocenters. The monoisotopic (exact) mass is 282 g/mol. The van der Waals surface area contributed by atoms with E-state index in [2.05, 4.69) is 10.6 Å². The summed E-state index contributed by atoms with van der Waals surface area (Å²) in [5.74, 6) is -1.39. The average molecular weight is 283 g/mol. The van der Waals surface area contributed by atoms with Crippen LogP contribution in [0.1, 0.15) is 23.2 Å². The van der Waals surface area contributed by atoms with Crippen molar-refractivity contribution in [3.8, 4) is 0 Å². The van der Waals surface area contributed by atoms with Crippen LogP contribution in [0.15, 0.2) is 18.2 Å². The lowest BCUT2D eigenvalue weighted by Crippen LogP contribution is -2.37. The molecule has 0 saturated carbocycles. The molecule has 1 heterocycles. The minimum atomic E-state index is -1.09. The Balaban J connectivity index is 2.15. The smallest absolute Gasteiger partial charge is 0.337 e. The van der Waals surface area contributed by atoms with Gasteiger partial charge in [0, 0.05) is 11.6 Å². The molecule has 0 spiro atoms. The Morgan fingerprint density at radius 2 is 2.21 bits per heavy atom. The van der Waals surface area contributed by atoms with Crippen molar-refractivity contribution in [2.24, 2.45) is 5.92 Å². The lowest BCUT2D eigenvalue weighted by Gasteiger charge is -2.22. The van der Waals surface area contributed by atoms with Crippen LogP contribution in [0, 0.1) is 5.92 Å². The summed E-state index contributed by atoms with van der Waals surface area (Å²) >= 11 is 5.83. The number of carboxylic acids is 1. The Morgan fingerprint density at radius 1 is 1.42 bits per heavy atom. The van der Waals surface area contributed by atoms with E-state index in [1.54, 1.807) is 0 Å². The third-order valence-corrected chi connectivity index (χ3v) is 3.37. The van der Waals surface area contributed by atoms with E-state index in [9.17, 15) is 9.59 Å². The van der Waals surface area contributed by atoms with Crippen molar-refractivity contribution in [2.45, 2.75) is 12.8 Å². The summed E-state index contributed by atoms with van der Waals surface area (Å²) in [6.45, 7) is 1.54. The van der Waals surface area contributed by atoms with Crippen LogP contribution in [0.4, 0.5) is 5.69 Å². The van der Waals surface area contributed by atoms with E-state index in [0.29, 0.717) is 11.6 Å². The van der Waals surface area contributed by atoms with Gasteiger partial charge in [-0.05, 0) is 37.6 Å². The van der Waals surface area contributed by atoms with E-state index in [-0.39, 0.29) is 23.1 Å². The molecule has 1 aromatic carbocycles. The van der Waals surface area contributed by atoms with Gasteiger partial charge in [0.25, 0.3) is 0 Å². The number of halogens is 1. The Hall–Kier alpha value is -1.59. The first kappa shape index (κ1) is 13.8. The molecule has 5 nitrogen and oxygen atoms in total. The van der Waals surface area contributed by atoms with Gasteiger partial charge in [0.2, 0.25) is 5.91 Å². The standard InChI is InChI=1S/C13H15ClN2O3/c14-9-3-4-10(13(18)19)11(6-9)16-12(17)8-2-1-5-15-7-8/h3-4,6,8,15H,1-2,5,7H2,(H,16,17)(H,18,19). The second-order valence-electron chi connectivity index (χ2n) is 4.53. The number of piperidine rings is 1. The number of hydrogen-bond acceptors (Lipinski definition) is 3. The van der Waals surface area contributed by atoms with Gasteiger partial charge < -0.3 is 15.7 Å². The molecule has 6 heteroatoms. The summed E-state index contributed by atoms with van der Waals surface area (Å²) < 4.78 is 0. The van der Waals surface area contributed by atoms with Crippen molar-refractivity contribution in [3.63, 3.8) is 0 Å². The Bertz CT molecular complexity index is 499. The van der Waals surface area contributed by atoms with Crippen molar-refractivity contribution >= 4 is 29.2 Å².